The van der Waals surface area contributed by atoms with Gasteiger partial charge in [-0.2, -0.15) is 0 Å². The van der Waals surface area contributed by atoms with Gasteiger partial charge in [0.2, 0.25) is 10.0 Å². The van der Waals surface area contributed by atoms with Crippen molar-refractivity contribution in [2.75, 3.05) is 37.4 Å². The van der Waals surface area contributed by atoms with Crippen molar-refractivity contribution in [2.45, 2.75) is 43.8 Å². The summed E-state index contributed by atoms with van der Waals surface area (Å²) in [7, 11) is -3.46. The van der Waals surface area contributed by atoms with Crippen LogP contribution in [0.5, 0.6) is 0 Å². The van der Waals surface area contributed by atoms with Crippen LogP contribution in [0.25, 0.3) is 0 Å². The lowest BCUT2D eigenvalue weighted by Crippen LogP contribution is -2.51. The van der Waals surface area contributed by atoms with Crippen LogP contribution in [0.2, 0.25) is 0 Å². The number of piperidine rings is 2. The van der Waals surface area contributed by atoms with Crippen molar-refractivity contribution >= 4 is 45.0 Å². The number of sulfonamides is 1. The van der Waals surface area contributed by atoms with E-state index >= 15 is 0 Å². The fourth-order valence-corrected chi connectivity index (χ4v) is 7.31. The van der Waals surface area contributed by atoms with Crippen LogP contribution in [0, 0.1) is 0 Å². The van der Waals surface area contributed by atoms with Crippen LogP contribution in [0.15, 0.2) is 30.3 Å². The van der Waals surface area contributed by atoms with Gasteiger partial charge in [-0.1, -0.05) is 6.07 Å². The number of anilines is 2. The van der Waals surface area contributed by atoms with Gasteiger partial charge in [0.05, 0.1) is 40.6 Å². The minimum Gasteiger partial charge on any atom is -0.398 e. The summed E-state index contributed by atoms with van der Waals surface area (Å²) in [6.45, 7) is 0.759. The zero-order chi connectivity index (χ0) is 28.5. The van der Waals surface area contributed by atoms with Gasteiger partial charge in [0, 0.05) is 37.1 Å². The Balaban J connectivity index is 1.19. The van der Waals surface area contributed by atoms with Gasteiger partial charge < -0.3 is 16.8 Å². The number of nitrogen functional groups attached to an aromatic ring is 2. The maximum absolute atomic E-state index is 13.5. The Morgan fingerprint density at radius 1 is 0.825 bits per heavy atom. The second-order valence-electron chi connectivity index (χ2n) is 10.9. The molecule has 12 nitrogen and oxygen atoms in total. The summed E-state index contributed by atoms with van der Waals surface area (Å²) in [6, 6.07) is 7.06. The lowest BCUT2D eigenvalue weighted by molar-refractivity contribution is 0.0521. The Morgan fingerprint density at radius 3 is 2.15 bits per heavy atom. The highest BCUT2D eigenvalue weighted by Crippen LogP contribution is 2.37. The zero-order valence-electron chi connectivity index (χ0n) is 21.9. The van der Waals surface area contributed by atoms with Crippen LogP contribution in [-0.2, 0) is 10.0 Å². The van der Waals surface area contributed by atoms with Gasteiger partial charge in [0.1, 0.15) is 0 Å². The molecular formula is C27H30N6O6S. The molecule has 4 aliphatic rings. The summed E-state index contributed by atoms with van der Waals surface area (Å²) in [6.07, 6.45) is 3.26. The Kier molecular flexibility index (Phi) is 6.20. The third kappa shape index (κ3) is 4.07. The van der Waals surface area contributed by atoms with E-state index in [9.17, 15) is 27.6 Å². The van der Waals surface area contributed by atoms with Crippen LogP contribution >= 0.6 is 0 Å². The molecule has 2 aromatic carbocycles. The predicted octanol–water partition coefficient (Wildman–Crippen LogP) is 0.960. The fraction of sp³-hybridized carbons (Fsp3) is 0.407. The maximum atomic E-state index is 13.5. The summed E-state index contributed by atoms with van der Waals surface area (Å²) < 4.78 is 25.5. The molecule has 2 saturated heterocycles. The molecule has 4 amide bonds. The molecule has 2 fully saturated rings. The summed E-state index contributed by atoms with van der Waals surface area (Å²) in [4.78, 5) is 55.2. The number of imide groups is 2. The third-order valence-corrected chi connectivity index (χ3v) is 9.67. The molecule has 40 heavy (non-hydrogen) atoms. The Hall–Kier alpha value is -3.81. The predicted molar refractivity (Wildman–Crippen MR) is 146 cm³/mol. The first kappa shape index (κ1) is 26.4. The SMILES string of the molecule is CS(=O)(=O)N1CCCC(N2C(=O)c3cc(C4CC[C@@H](N5C(=O)c6cccc(N)c6C5=O)CN4)cc(N)c3C2=O)C1. The van der Waals surface area contributed by atoms with E-state index in [-0.39, 0.29) is 52.6 Å². The van der Waals surface area contributed by atoms with Crippen molar-refractivity contribution in [3.8, 4) is 0 Å². The molecule has 0 radical (unpaired) electrons. The third-order valence-electron chi connectivity index (χ3n) is 8.40. The van der Waals surface area contributed by atoms with Gasteiger partial charge >= 0.3 is 0 Å². The zero-order valence-corrected chi connectivity index (χ0v) is 22.7. The van der Waals surface area contributed by atoms with Crippen molar-refractivity contribution in [3.05, 3.63) is 58.1 Å². The van der Waals surface area contributed by atoms with E-state index in [2.05, 4.69) is 5.32 Å². The van der Waals surface area contributed by atoms with E-state index in [1.54, 1.807) is 30.3 Å². The molecule has 0 bridgehead atoms. The molecule has 4 aliphatic heterocycles. The van der Waals surface area contributed by atoms with Gasteiger partial charge in [-0.05, 0) is 55.5 Å². The molecule has 2 unspecified atom stereocenters. The molecule has 0 saturated carbocycles. The number of hydrogen-bond donors (Lipinski definition) is 3. The average molecular weight is 567 g/mol. The Labute approximate surface area is 231 Å². The first-order chi connectivity index (χ1) is 19.0. The smallest absolute Gasteiger partial charge is 0.263 e. The molecule has 13 heteroatoms. The van der Waals surface area contributed by atoms with Crippen LogP contribution in [0.4, 0.5) is 11.4 Å². The first-order valence-electron chi connectivity index (χ1n) is 13.2. The van der Waals surface area contributed by atoms with Crippen molar-refractivity contribution in [1.82, 2.24) is 19.4 Å². The second kappa shape index (κ2) is 9.39. The van der Waals surface area contributed by atoms with Crippen LogP contribution < -0.4 is 16.8 Å². The maximum Gasteiger partial charge on any atom is 0.263 e. The lowest BCUT2D eigenvalue weighted by atomic mass is 9.91. The van der Waals surface area contributed by atoms with E-state index in [4.69, 9.17) is 11.5 Å². The van der Waals surface area contributed by atoms with E-state index in [1.165, 1.54) is 9.21 Å². The summed E-state index contributed by atoms with van der Waals surface area (Å²) in [5, 5.41) is 3.37. The summed E-state index contributed by atoms with van der Waals surface area (Å²) >= 11 is 0. The molecular weight excluding hydrogens is 536 g/mol. The first-order valence-corrected chi connectivity index (χ1v) is 15.1. The fourth-order valence-electron chi connectivity index (χ4n) is 6.41. The molecule has 5 N–H and O–H groups in total. The monoisotopic (exact) mass is 566 g/mol. The molecule has 0 aromatic heterocycles. The van der Waals surface area contributed by atoms with Crippen LogP contribution in [0.1, 0.15) is 78.7 Å². The quantitative estimate of drug-likeness (QED) is 0.359. The number of rotatable bonds is 4. The number of amides is 4. The number of nitrogens with zero attached hydrogens (tertiary/aromatic N) is 3. The van der Waals surface area contributed by atoms with E-state index < -0.39 is 33.8 Å². The highest BCUT2D eigenvalue weighted by atomic mass is 32.2. The van der Waals surface area contributed by atoms with Gasteiger partial charge in [0.15, 0.2) is 0 Å². The lowest BCUT2D eigenvalue weighted by Gasteiger charge is -2.35. The highest BCUT2D eigenvalue weighted by Gasteiger charge is 2.45. The van der Waals surface area contributed by atoms with Gasteiger partial charge in [-0.25, -0.2) is 12.7 Å². The second-order valence-corrected chi connectivity index (χ2v) is 12.9. The van der Waals surface area contributed by atoms with Gasteiger partial charge in [0.25, 0.3) is 23.6 Å². The number of hydrogen-bond acceptors (Lipinski definition) is 9. The van der Waals surface area contributed by atoms with Gasteiger partial charge in [-0.3, -0.25) is 29.0 Å². The normalized spacial score (nSPS) is 25.5. The number of fused-ring (bicyclic) bond motifs is 2. The highest BCUT2D eigenvalue weighted by molar-refractivity contribution is 7.88. The number of carbonyl (C=O) groups excluding carboxylic acids is 4. The van der Waals surface area contributed by atoms with Crippen molar-refractivity contribution < 1.29 is 27.6 Å². The Bertz CT molecular complexity index is 1580. The number of benzene rings is 2. The average Bonchev–Trinajstić information content (AvgIpc) is 3.33. The molecule has 0 aliphatic carbocycles. The van der Waals surface area contributed by atoms with E-state index in [0.717, 1.165) is 16.7 Å². The topological polar surface area (TPSA) is 176 Å². The molecule has 6 rings (SSSR count). The minimum atomic E-state index is -3.46. The molecule has 3 atom stereocenters. The largest absolute Gasteiger partial charge is 0.398 e. The van der Waals surface area contributed by atoms with E-state index in [1.807, 2.05) is 0 Å². The molecule has 210 valence electrons. The molecule has 0 spiro atoms. The Morgan fingerprint density at radius 2 is 1.50 bits per heavy atom. The molecule has 4 heterocycles. The standard InChI is InChI=1S/C27H30N6O6S/c1-40(38,39)31-9-3-4-16(13-31)33-25(35)18-10-14(11-20(29)23(18)27(33)37)21-8-7-15(12-30-21)32-24(34)17-5-2-6-19(28)22(17)26(32)36/h2,5-6,10-11,15-16,21,30H,3-4,7-9,12-13,28-29H2,1H3/t15-,16?,21?/m1/s1. The van der Waals surface area contributed by atoms with Gasteiger partial charge in [-0.15, -0.1) is 0 Å². The van der Waals surface area contributed by atoms with E-state index in [0.29, 0.717) is 44.3 Å². The number of nitrogens with two attached hydrogens (primary N) is 2. The number of carbonyl (C=O) groups is 4. The van der Waals surface area contributed by atoms with Crippen molar-refractivity contribution in [2.24, 2.45) is 0 Å². The van der Waals surface area contributed by atoms with Crippen molar-refractivity contribution in [3.63, 3.8) is 0 Å². The van der Waals surface area contributed by atoms with Crippen LogP contribution in [0.3, 0.4) is 0 Å². The minimum absolute atomic E-state index is 0.0616. The van der Waals surface area contributed by atoms with Crippen LogP contribution in [-0.4, -0.2) is 84.1 Å². The summed E-state index contributed by atoms with van der Waals surface area (Å²) in [5.41, 5.74) is 14.4. The number of nitrogens with one attached hydrogen (secondary N) is 1. The molecule has 2 aromatic rings. The summed E-state index contributed by atoms with van der Waals surface area (Å²) in [5.74, 6) is -1.75. The van der Waals surface area contributed by atoms with Crippen molar-refractivity contribution in [1.29, 1.82) is 0 Å².